The summed E-state index contributed by atoms with van der Waals surface area (Å²) >= 11 is 7.36. The number of hydrogen-bond donors (Lipinski definition) is 1. The SMILES string of the molecule is CCCc1cc(=O)[nH]c(Sc2ncnc(Cl)c2CC)n1. The van der Waals surface area contributed by atoms with Crippen molar-refractivity contribution < 1.29 is 0 Å². The van der Waals surface area contributed by atoms with Gasteiger partial charge in [0.15, 0.2) is 5.16 Å². The van der Waals surface area contributed by atoms with Crippen molar-refractivity contribution in [3.63, 3.8) is 0 Å². The third-order valence-corrected chi connectivity index (χ3v) is 3.94. The van der Waals surface area contributed by atoms with Crippen LogP contribution in [0, 0.1) is 0 Å². The van der Waals surface area contributed by atoms with Crippen molar-refractivity contribution in [2.45, 2.75) is 43.3 Å². The van der Waals surface area contributed by atoms with Gasteiger partial charge in [0.25, 0.3) is 5.56 Å². The molecule has 1 N–H and O–H groups in total. The minimum absolute atomic E-state index is 0.149. The summed E-state index contributed by atoms with van der Waals surface area (Å²) in [5, 5.41) is 1.70. The number of aryl methyl sites for hydroxylation is 1. The summed E-state index contributed by atoms with van der Waals surface area (Å²) in [6.07, 6.45) is 3.86. The molecule has 0 aromatic carbocycles. The molecule has 0 aliphatic carbocycles. The fraction of sp³-hybridized carbons (Fsp3) is 0.385. The van der Waals surface area contributed by atoms with Crippen molar-refractivity contribution in [3.8, 4) is 0 Å². The molecule has 0 saturated heterocycles. The van der Waals surface area contributed by atoms with E-state index in [1.165, 1.54) is 24.2 Å². The quantitative estimate of drug-likeness (QED) is 0.679. The molecule has 7 heteroatoms. The molecule has 0 atom stereocenters. The topological polar surface area (TPSA) is 71.5 Å². The number of rotatable bonds is 5. The molecule has 0 aliphatic heterocycles. The van der Waals surface area contributed by atoms with E-state index in [9.17, 15) is 4.79 Å². The smallest absolute Gasteiger partial charge is 0.251 e. The summed E-state index contributed by atoms with van der Waals surface area (Å²) in [7, 11) is 0. The molecule has 2 heterocycles. The van der Waals surface area contributed by atoms with Crippen LogP contribution in [0.5, 0.6) is 0 Å². The fourth-order valence-electron chi connectivity index (χ4n) is 1.77. The lowest BCUT2D eigenvalue weighted by Crippen LogP contribution is -2.10. The van der Waals surface area contributed by atoms with Gasteiger partial charge < -0.3 is 4.98 Å². The van der Waals surface area contributed by atoms with Crippen LogP contribution in [0.15, 0.2) is 27.4 Å². The second-order valence-electron chi connectivity index (χ2n) is 4.20. The van der Waals surface area contributed by atoms with E-state index >= 15 is 0 Å². The number of halogens is 1. The van der Waals surface area contributed by atoms with Crippen molar-refractivity contribution in [2.75, 3.05) is 0 Å². The van der Waals surface area contributed by atoms with Gasteiger partial charge in [0.05, 0.1) is 0 Å². The predicted molar refractivity (Wildman–Crippen MR) is 79.4 cm³/mol. The molecule has 0 fully saturated rings. The third kappa shape index (κ3) is 3.58. The van der Waals surface area contributed by atoms with Crippen molar-refractivity contribution in [2.24, 2.45) is 0 Å². The first-order valence-electron chi connectivity index (χ1n) is 6.41. The van der Waals surface area contributed by atoms with Crippen LogP contribution in [-0.4, -0.2) is 19.9 Å². The molecular weight excluding hydrogens is 296 g/mol. The van der Waals surface area contributed by atoms with E-state index in [4.69, 9.17) is 11.6 Å². The summed E-state index contributed by atoms with van der Waals surface area (Å²) < 4.78 is 0. The Morgan fingerprint density at radius 3 is 2.85 bits per heavy atom. The van der Waals surface area contributed by atoms with Crippen LogP contribution in [0.2, 0.25) is 5.15 Å². The molecule has 0 amide bonds. The minimum Gasteiger partial charge on any atom is -0.301 e. The average Bonchev–Trinajstić information content (AvgIpc) is 2.38. The number of H-pyrrole nitrogens is 1. The molecule has 5 nitrogen and oxygen atoms in total. The zero-order valence-electron chi connectivity index (χ0n) is 11.3. The molecule has 106 valence electrons. The maximum absolute atomic E-state index is 11.6. The Morgan fingerprint density at radius 1 is 1.35 bits per heavy atom. The Labute approximate surface area is 126 Å². The Kier molecular flexibility index (Phi) is 5.14. The van der Waals surface area contributed by atoms with Gasteiger partial charge in [-0.15, -0.1) is 0 Å². The summed E-state index contributed by atoms with van der Waals surface area (Å²) in [6.45, 7) is 4.04. The van der Waals surface area contributed by atoms with Gasteiger partial charge in [-0.2, -0.15) is 0 Å². The van der Waals surface area contributed by atoms with Gasteiger partial charge in [0, 0.05) is 17.3 Å². The maximum Gasteiger partial charge on any atom is 0.251 e. The molecule has 0 radical (unpaired) electrons. The van der Waals surface area contributed by atoms with Gasteiger partial charge in [0.2, 0.25) is 0 Å². The van der Waals surface area contributed by atoms with E-state index < -0.39 is 0 Å². The Morgan fingerprint density at radius 2 is 2.15 bits per heavy atom. The van der Waals surface area contributed by atoms with Crippen molar-refractivity contribution in [3.05, 3.63) is 39.2 Å². The van der Waals surface area contributed by atoms with Crippen LogP contribution in [0.3, 0.4) is 0 Å². The number of nitrogens with one attached hydrogen (secondary N) is 1. The lowest BCUT2D eigenvalue weighted by molar-refractivity contribution is 0.813. The zero-order valence-corrected chi connectivity index (χ0v) is 12.9. The highest BCUT2D eigenvalue weighted by Crippen LogP contribution is 2.28. The number of aromatic nitrogens is 4. The largest absolute Gasteiger partial charge is 0.301 e. The zero-order chi connectivity index (χ0) is 14.5. The van der Waals surface area contributed by atoms with Crippen molar-refractivity contribution in [1.82, 2.24) is 19.9 Å². The Bertz CT molecular complexity index is 659. The molecule has 20 heavy (non-hydrogen) atoms. The molecule has 0 spiro atoms. The lowest BCUT2D eigenvalue weighted by Gasteiger charge is -2.07. The van der Waals surface area contributed by atoms with Crippen LogP contribution in [0.25, 0.3) is 0 Å². The van der Waals surface area contributed by atoms with Gasteiger partial charge in [0.1, 0.15) is 16.5 Å². The molecular formula is C13H15ClN4OS. The first-order chi connectivity index (χ1) is 9.63. The van der Waals surface area contributed by atoms with Crippen LogP contribution in [0.4, 0.5) is 0 Å². The van der Waals surface area contributed by atoms with Gasteiger partial charge in [-0.25, -0.2) is 15.0 Å². The summed E-state index contributed by atoms with van der Waals surface area (Å²) in [5.41, 5.74) is 1.50. The highest BCUT2D eigenvalue weighted by Gasteiger charge is 2.11. The summed E-state index contributed by atoms with van der Waals surface area (Å²) in [6, 6.07) is 1.53. The number of hydrogen-bond acceptors (Lipinski definition) is 5. The van der Waals surface area contributed by atoms with Crippen LogP contribution >= 0.6 is 23.4 Å². The fourth-order valence-corrected chi connectivity index (χ4v) is 3.05. The van der Waals surface area contributed by atoms with E-state index in [-0.39, 0.29) is 5.56 Å². The molecule has 0 saturated carbocycles. The van der Waals surface area contributed by atoms with E-state index in [2.05, 4.69) is 26.9 Å². The molecule has 2 aromatic heterocycles. The standard InChI is InChI=1S/C13H15ClN4OS/c1-3-5-8-6-10(19)18-13(17-8)20-12-9(4-2)11(14)15-7-16-12/h6-7H,3-5H2,1-2H3,(H,17,18,19). The van der Waals surface area contributed by atoms with Crippen LogP contribution in [-0.2, 0) is 12.8 Å². The highest BCUT2D eigenvalue weighted by atomic mass is 35.5. The monoisotopic (exact) mass is 310 g/mol. The number of aromatic amines is 1. The molecule has 0 unspecified atom stereocenters. The van der Waals surface area contributed by atoms with Crippen LogP contribution < -0.4 is 5.56 Å². The first kappa shape index (κ1) is 15.0. The second-order valence-corrected chi connectivity index (χ2v) is 5.53. The van der Waals surface area contributed by atoms with Crippen molar-refractivity contribution in [1.29, 1.82) is 0 Å². The van der Waals surface area contributed by atoms with E-state index in [0.29, 0.717) is 10.3 Å². The van der Waals surface area contributed by atoms with Crippen LogP contribution in [0.1, 0.15) is 31.5 Å². The van der Waals surface area contributed by atoms with Gasteiger partial charge >= 0.3 is 0 Å². The normalized spacial score (nSPS) is 10.8. The van der Waals surface area contributed by atoms with Crippen molar-refractivity contribution >= 4 is 23.4 Å². The maximum atomic E-state index is 11.6. The Hall–Kier alpha value is -1.40. The van der Waals surface area contributed by atoms with E-state index in [0.717, 1.165) is 35.5 Å². The van der Waals surface area contributed by atoms with E-state index in [1.807, 2.05) is 6.92 Å². The van der Waals surface area contributed by atoms with Gasteiger partial charge in [-0.1, -0.05) is 31.9 Å². The third-order valence-electron chi connectivity index (χ3n) is 2.68. The summed E-state index contributed by atoms with van der Waals surface area (Å²) in [5.74, 6) is 0. The molecule has 0 aliphatic rings. The second kappa shape index (κ2) is 6.85. The van der Waals surface area contributed by atoms with Gasteiger partial charge in [-0.05, 0) is 24.6 Å². The highest BCUT2D eigenvalue weighted by molar-refractivity contribution is 7.99. The predicted octanol–water partition coefficient (Wildman–Crippen LogP) is 2.88. The van der Waals surface area contributed by atoms with Gasteiger partial charge in [-0.3, -0.25) is 4.79 Å². The van der Waals surface area contributed by atoms with E-state index in [1.54, 1.807) is 0 Å². The minimum atomic E-state index is -0.149. The Balaban J connectivity index is 2.35. The molecule has 0 bridgehead atoms. The first-order valence-corrected chi connectivity index (χ1v) is 7.61. The summed E-state index contributed by atoms with van der Waals surface area (Å²) in [4.78, 5) is 27.0. The molecule has 2 aromatic rings. The lowest BCUT2D eigenvalue weighted by atomic mass is 10.2. The number of nitrogens with zero attached hydrogens (tertiary/aromatic N) is 3. The average molecular weight is 311 g/mol. The molecule has 2 rings (SSSR count).